The number of nitrogens with zero attached hydrogens (tertiary/aromatic N) is 1. The molecule has 1 aromatic carbocycles. The van der Waals surface area contributed by atoms with Gasteiger partial charge in [0.2, 0.25) is 0 Å². The fourth-order valence-electron chi connectivity index (χ4n) is 1.87. The Morgan fingerprint density at radius 3 is 2.44 bits per heavy atom. The molecule has 0 amide bonds. The molecule has 2 aromatic rings. The van der Waals surface area contributed by atoms with E-state index in [0.29, 0.717) is 6.54 Å². The minimum absolute atomic E-state index is 0.649. The summed E-state index contributed by atoms with van der Waals surface area (Å²) in [6.45, 7) is 3.59. The summed E-state index contributed by atoms with van der Waals surface area (Å²) in [7, 11) is 0. The first-order valence-electron chi connectivity index (χ1n) is 5.34. The second-order valence-corrected chi connectivity index (χ2v) is 4.24. The van der Waals surface area contributed by atoms with Crippen LogP contribution in [0.2, 0.25) is 5.02 Å². The number of benzene rings is 1. The highest BCUT2D eigenvalue weighted by Crippen LogP contribution is 2.23. The molecule has 0 saturated heterocycles. The smallest absolute Gasteiger partial charge is 0.0482 e. The van der Waals surface area contributed by atoms with Gasteiger partial charge in [-0.2, -0.15) is 0 Å². The molecule has 0 unspecified atom stereocenters. The van der Waals surface area contributed by atoms with Crippen molar-refractivity contribution >= 4 is 11.6 Å². The molecule has 2 N–H and O–H groups in total. The normalized spacial score (nSPS) is 10.7. The zero-order valence-electron chi connectivity index (χ0n) is 9.28. The molecule has 2 nitrogen and oxygen atoms in total. The van der Waals surface area contributed by atoms with Gasteiger partial charge in [0.05, 0.1) is 0 Å². The Kier molecular flexibility index (Phi) is 3.32. The van der Waals surface area contributed by atoms with Crippen molar-refractivity contribution in [2.45, 2.75) is 13.5 Å². The van der Waals surface area contributed by atoms with Crippen LogP contribution in [0.1, 0.15) is 5.69 Å². The second kappa shape index (κ2) is 4.73. The molecule has 0 aliphatic rings. The van der Waals surface area contributed by atoms with E-state index in [9.17, 15) is 0 Å². The van der Waals surface area contributed by atoms with Crippen LogP contribution < -0.4 is 5.73 Å². The quantitative estimate of drug-likeness (QED) is 0.870. The van der Waals surface area contributed by atoms with Crippen molar-refractivity contribution in [2.24, 2.45) is 5.73 Å². The third kappa shape index (κ3) is 2.13. The van der Waals surface area contributed by atoms with Gasteiger partial charge < -0.3 is 10.3 Å². The zero-order chi connectivity index (χ0) is 11.5. The third-order valence-corrected chi connectivity index (χ3v) is 2.94. The molecule has 2 rings (SSSR count). The highest BCUT2D eigenvalue weighted by Gasteiger charge is 2.06. The molecule has 0 aliphatic heterocycles. The molecule has 16 heavy (non-hydrogen) atoms. The van der Waals surface area contributed by atoms with Gasteiger partial charge in [-0.1, -0.05) is 23.7 Å². The molecule has 0 spiro atoms. The Morgan fingerprint density at radius 2 is 1.81 bits per heavy atom. The lowest BCUT2D eigenvalue weighted by molar-refractivity contribution is 0.700. The summed E-state index contributed by atoms with van der Waals surface area (Å²) < 4.78 is 2.23. The van der Waals surface area contributed by atoms with E-state index in [1.54, 1.807) is 0 Å². The Hall–Kier alpha value is -1.25. The standard InChI is InChI=1S/C13H15ClN2/c1-10-2-7-13(16(10)9-8-15)11-3-5-12(14)6-4-11/h2-7H,8-9,15H2,1H3. The first-order chi connectivity index (χ1) is 7.72. The first kappa shape index (κ1) is 11.2. The van der Waals surface area contributed by atoms with Crippen LogP contribution in [0.25, 0.3) is 11.3 Å². The van der Waals surface area contributed by atoms with Crippen LogP contribution >= 0.6 is 11.6 Å². The number of hydrogen-bond donors (Lipinski definition) is 1. The topological polar surface area (TPSA) is 30.9 Å². The van der Waals surface area contributed by atoms with E-state index in [1.165, 1.54) is 17.0 Å². The third-order valence-electron chi connectivity index (χ3n) is 2.69. The van der Waals surface area contributed by atoms with Gasteiger partial charge in [-0.05, 0) is 36.8 Å². The van der Waals surface area contributed by atoms with E-state index >= 15 is 0 Å². The minimum atomic E-state index is 0.649. The van der Waals surface area contributed by atoms with Crippen LogP contribution in [0.15, 0.2) is 36.4 Å². The summed E-state index contributed by atoms with van der Waals surface area (Å²) in [5.74, 6) is 0. The molecule has 1 heterocycles. The lowest BCUT2D eigenvalue weighted by atomic mass is 10.1. The summed E-state index contributed by atoms with van der Waals surface area (Å²) in [6.07, 6.45) is 0. The second-order valence-electron chi connectivity index (χ2n) is 3.81. The van der Waals surface area contributed by atoms with E-state index in [-0.39, 0.29) is 0 Å². The van der Waals surface area contributed by atoms with Crippen molar-refractivity contribution in [3.05, 3.63) is 47.1 Å². The molecule has 84 valence electrons. The van der Waals surface area contributed by atoms with Crippen LogP contribution in [-0.4, -0.2) is 11.1 Å². The summed E-state index contributed by atoms with van der Waals surface area (Å²) in [5.41, 5.74) is 9.22. The Morgan fingerprint density at radius 1 is 1.12 bits per heavy atom. The number of nitrogens with two attached hydrogens (primary N) is 1. The Labute approximate surface area is 101 Å². The number of halogens is 1. The van der Waals surface area contributed by atoms with E-state index < -0.39 is 0 Å². The van der Waals surface area contributed by atoms with Crippen molar-refractivity contribution in [3.63, 3.8) is 0 Å². The van der Waals surface area contributed by atoms with Crippen LogP contribution in [-0.2, 0) is 6.54 Å². The highest BCUT2D eigenvalue weighted by molar-refractivity contribution is 6.30. The average molecular weight is 235 g/mol. The van der Waals surface area contributed by atoms with Crippen molar-refractivity contribution < 1.29 is 0 Å². The van der Waals surface area contributed by atoms with Crippen LogP contribution in [0.3, 0.4) is 0 Å². The zero-order valence-corrected chi connectivity index (χ0v) is 10.0. The maximum absolute atomic E-state index is 5.88. The summed E-state index contributed by atoms with van der Waals surface area (Å²) in [4.78, 5) is 0. The van der Waals surface area contributed by atoms with Crippen molar-refractivity contribution in [1.82, 2.24) is 4.57 Å². The van der Waals surface area contributed by atoms with E-state index in [2.05, 4.69) is 23.6 Å². The number of hydrogen-bond acceptors (Lipinski definition) is 1. The first-order valence-corrected chi connectivity index (χ1v) is 5.72. The van der Waals surface area contributed by atoms with Crippen molar-refractivity contribution in [3.8, 4) is 11.3 Å². The molecule has 0 fully saturated rings. The predicted molar refractivity (Wildman–Crippen MR) is 68.7 cm³/mol. The lowest BCUT2D eigenvalue weighted by Crippen LogP contribution is -2.11. The van der Waals surface area contributed by atoms with E-state index in [1.807, 2.05) is 24.3 Å². The average Bonchev–Trinajstić information content (AvgIpc) is 2.63. The number of rotatable bonds is 3. The summed E-state index contributed by atoms with van der Waals surface area (Å²) in [5, 5.41) is 0.761. The molecule has 0 aliphatic carbocycles. The van der Waals surface area contributed by atoms with Gasteiger partial charge in [0.25, 0.3) is 0 Å². The predicted octanol–water partition coefficient (Wildman–Crippen LogP) is 3.08. The molecule has 0 bridgehead atoms. The molecule has 3 heteroatoms. The highest BCUT2D eigenvalue weighted by atomic mass is 35.5. The molecule has 1 aromatic heterocycles. The largest absolute Gasteiger partial charge is 0.344 e. The molecular formula is C13H15ClN2. The summed E-state index contributed by atoms with van der Waals surface area (Å²) >= 11 is 5.88. The maximum Gasteiger partial charge on any atom is 0.0482 e. The van der Waals surface area contributed by atoms with Gasteiger partial charge in [0.1, 0.15) is 0 Å². The molecular weight excluding hydrogens is 220 g/mol. The lowest BCUT2D eigenvalue weighted by Gasteiger charge is -2.10. The fraction of sp³-hybridized carbons (Fsp3) is 0.231. The SMILES string of the molecule is Cc1ccc(-c2ccc(Cl)cc2)n1CCN. The van der Waals surface area contributed by atoms with Crippen LogP contribution in [0.5, 0.6) is 0 Å². The van der Waals surface area contributed by atoms with Gasteiger partial charge in [0.15, 0.2) is 0 Å². The molecule has 0 atom stereocenters. The minimum Gasteiger partial charge on any atom is -0.344 e. The van der Waals surface area contributed by atoms with Crippen LogP contribution in [0, 0.1) is 6.92 Å². The van der Waals surface area contributed by atoms with Gasteiger partial charge in [0, 0.05) is 29.5 Å². The monoisotopic (exact) mass is 234 g/mol. The van der Waals surface area contributed by atoms with Gasteiger partial charge in [-0.15, -0.1) is 0 Å². The summed E-state index contributed by atoms with van der Waals surface area (Å²) in [6, 6.07) is 12.1. The molecule has 0 saturated carbocycles. The molecule has 0 radical (unpaired) electrons. The van der Waals surface area contributed by atoms with Gasteiger partial charge in [-0.25, -0.2) is 0 Å². The Bertz CT molecular complexity index is 471. The van der Waals surface area contributed by atoms with Crippen LogP contribution in [0.4, 0.5) is 0 Å². The Balaban J connectivity index is 2.43. The van der Waals surface area contributed by atoms with E-state index in [0.717, 1.165) is 11.6 Å². The number of aromatic nitrogens is 1. The van der Waals surface area contributed by atoms with Gasteiger partial charge >= 0.3 is 0 Å². The maximum atomic E-state index is 5.88. The fourth-order valence-corrected chi connectivity index (χ4v) is 1.99. The van der Waals surface area contributed by atoms with E-state index in [4.69, 9.17) is 17.3 Å². The number of aryl methyl sites for hydroxylation is 1. The van der Waals surface area contributed by atoms with Crippen molar-refractivity contribution in [2.75, 3.05) is 6.54 Å². The van der Waals surface area contributed by atoms with Crippen molar-refractivity contribution in [1.29, 1.82) is 0 Å². The van der Waals surface area contributed by atoms with Gasteiger partial charge in [-0.3, -0.25) is 0 Å².